The Labute approximate surface area is 135 Å². The van der Waals surface area contributed by atoms with Crippen LogP contribution in [-0.2, 0) is 21.2 Å². The summed E-state index contributed by atoms with van der Waals surface area (Å²) in [7, 11) is -1.46. The third-order valence-electron chi connectivity index (χ3n) is 4.85. The molecule has 1 aromatic rings. The molecule has 1 heterocycles. The van der Waals surface area contributed by atoms with E-state index in [0.717, 1.165) is 18.4 Å². The lowest BCUT2D eigenvalue weighted by Crippen LogP contribution is -2.36. The van der Waals surface area contributed by atoms with Gasteiger partial charge in [0.15, 0.2) is 9.84 Å². The lowest BCUT2D eigenvalue weighted by atomic mass is 9.91. The molecule has 6 nitrogen and oxygen atoms in total. The Balaban J connectivity index is 1.69. The molecule has 1 atom stereocenters. The summed E-state index contributed by atoms with van der Waals surface area (Å²) in [6.07, 6.45) is 1.62. The maximum absolute atomic E-state index is 12.6. The molecule has 0 bridgehead atoms. The first-order valence-electron chi connectivity index (χ1n) is 7.50. The van der Waals surface area contributed by atoms with Gasteiger partial charge in [-0.1, -0.05) is 12.1 Å². The summed E-state index contributed by atoms with van der Waals surface area (Å²) >= 11 is 0. The maximum atomic E-state index is 12.6. The SMILES string of the molecule is CN(Cc1ccc(C(=O)O)cc1)C(=O)C1CS(=O)(=O)CC12CC2. The van der Waals surface area contributed by atoms with Gasteiger partial charge in [-0.05, 0) is 36.0 Å². The van der Waals surface area contributed by atoms with Crippen LogP contribution in [0.4, 0.5) is 0 Å². The number of carboxylic acids is 1. The normalized spacial score (nSPS) is 23.6. The Hall–Kier alpha value is -1.89. The zero-order chi connectivity index (χ0) is 16.8. The monoisotopic (exact) mass is 337 g/mol. The molecule has 1 saturated heterocycles. The van der Waals surface area contributed by atoms with Gasteiger partial charge < -0.3 is 10.0 Å². The predicted octanol–water partition coefficient (Wildman–Crippen LogP) is 1.17. The maximum Gasteiger partial charge on any atom is 0.335 e. The van der Waals surface area contributed by atoms with Gasteiger partial charge >= 0.3 is 5.97 Å². The highest BCUT2D eigenvalue weighted by Gasteiger charge is 2.60. The van der Waals surface area contributed by atoms with Crippen molar-refractivity contribution in [2.45, 2.75) is 19.4 Å². The first-order chi connectivity index (χ1) is 10.7. The van der Waals surface area contributed by atoms with Gasteiger partial charge in [-0.2, -0.15) is 0 Å². The summed E-state index contributed by atoms with van der Waals surface area (Å²) < 4.78 is 23.7. The van der Waals surface area contributed by atoms with E-state index in [0.29, 0.717) is 6.54 Å². The number of carboxylic acid groups (broad SMARTS) is 1. The fourth-order valence-corrected chi connectivity index (χ4v) is 5.87. The number of aromatic carboxylic acids is 1. The van der Waals surface area contributed by atoms with Gasteiger partial charge in [-0.15, -0.1) is 0 Å². The summed E-state index contributed by atoms with van der Waals surface area (Å²) in [5.41, 5.74) is 0.690. The van der Waals surface area contributed by atoms with Crippen LogP contribution >= 0.6 is 0 Å². The van der Waals surface area contributed by atoms with Crippen molar-refractivity contribution < 1.29 is 23.1 Å². The number of rotatable bonds is 4. The fraction of sp³-hybridized carbons (Fsp3) is 0.500. The Morgan fingerprint density at radius 3 is 2.39 bits per heavy atom. The van der Waals surface area contributed by atoms with E-state index < -0.39 is 21.7 Å². The standard InChI is InChI=1S/C16H19NO5S/c1-17(8-11-2-4-12(5-3-11)15(19)20)14(18)13-9-23(21,22)10-16(13)6-7-16/h2-5,13H,6-10H2,1H3,(H,19,20). The average molecular weight is 337 g/mol. The van der Waals surface area contributed by atoms with Crippen LogP contribution in [0.5, 0.6) is 0 Å². The fourth-order valence-electron chi connectivity index (χ4n) is 3.39. The van der Waals surface area contributed by atoms with Crippen molar-refractivity contribution in [2.75, 3.05) is 18.6 Å². The predicted molar refractivity (Wildman–Crippen MR) is 83.7 cm³/mol. The zero-order valence-corrected chi connectivity index (χ0v) is 13.7. The first-order valence-corrected chi connectivity index (χ1v) is 9.32. The highest BCUT2D eigenvalue weighted by Crippen LogP contribution is 2.57. The summed E-state index contributed by atoms with van der Waals surface area (Å²) in [6.45, 7) is 0.339. The molecule has 1 aliphatic heterocycles. The Morgan fingerprint density at radius 1 is 1.26 bits per heavy atom. The van der Waals surface area contributed by atoms with Crippen molar-refractivity contribution >= 4 is 21.7 Å². The van der Waals surface area contributed by atoms with E-state index in [4.69, 9.17) is 5.11 Å². The molecule has 3 rings (SSSR count). The van der Waals surface area contributed by atoms with Gasteiger partial charge in [-0.3, -0.25) is 4.79 Å². The molecule has 1 saturated carbocycles. The van der Waals surface area contributed by atoms with Crippen molar-refractivity contribution in [3.05, 3.63) is 35.4 Å². The van der Waals surface area contributed by atoms with E-state index in [1.165, 1.54) is 12.1 Å². The molecule has 1 spiro atoms. The Kier molecular flexibility index (Phi) is 3.71. The first kappa shape index (κ1) is 16.0. The Bertz CT molecular complexity index is 749. The minimum absolute atomic E-state index is 0.0475. The Morgan fingerprint density at radius 2 is 1.87 bits per heavy atom. The minimum Gasteiger partial charge on any atom is -0.478 e. The smallest absolute Gasteiger partial charge is 0.335 e. The topological polar surface area (TPSA) is 91.8 Å². The van der Waals surface area contributed by atoms with Gasteiger partial charge in [0.05, 0.1) is 23.0 Å². The minimum atomic E-state index is -3.12. The highest BCUT2D eigenvalue weighted by atomic mass is 32.2. The summed E-state index contributed by atoms with van der Waals surface area (Å²) in [5.74, 6) is -1.47. The summed E-state index contributed by atoms with van der Waals surface area (Å²) in [5, 5.41) is 8.88. The number of carbonyl (C=O) groups excluding carboxylic acids is 1. The van der Waals surface area contributed by atoms with Crippen LogP contribution in [0.25, 0.3) is 0 Å². The van der Waals surface area contributed by atoms with Crippen molar-refractivity contribution in [2.24, 2.45) is 11.3 Å². The molecular weight excluding hydrogens is 318 g/mol. The number of hydrogen-bond donors (Lipinski definition) is 1. The van der Waals surface area contributed by atoms with Crippen molar-refractivity contribution in [3.8, 4) is 0 Å². The quantitative estimate of drug-likeness (QED) is 0.890. The number of nitrogens with zero attached hydrogens (tertiary/aromatic N) is 1. The number of sulfone groups is 1. The van der Waals surface area contributed by atoms with Crippen LogP contribution < -0.4 is 0 Å². The van der Waals surface area contributed by atoms with Crippen molar-refractivity contribution in [1.29, 1.82) is 0 Å². The average Bonchev–Trinajstić information content (AvgIpc) is 3.17. The molecule has 124 valence electrons. The number of carbonyl (C=O) groups is 2. The summed E-state index contributed by atoms with van der Waals surface area (Å²) in [6, 6.07) is 6.34. The second kappa shape index (κ2) is 5.33. The molecule has 1 N–H and O–H groups in total. The molecule has 1 amide bonds. The molecule has 2 fully saturated rings. The van der Waals surface area contributed by atoms with Gasteiger partial charge in [0.2, 0.25) is 5.91 Å². The van der Waals surface area contributed by atoms with Gasteiger partial charge in [-0.25, -0.2) is 13.2 Å². The van der Waals surface area contributed by atoms with Crippen LogP contribution in [0.1, 0.15) is 28.8 Å². The van der Waals surface area contributed by atoms with E-state index in [-0.39, 0.29) is 28.4 Å². The van der Waals surface area contributed by atoms with Crippen LogP contribution in [0.15, 0.2) is 24.3 Å². The number of amides is 1. The lowest BCUT2D eigenvalue weighted by molar-refractivity contribution is -0.135. The molecule has 0 aromatic heterocycles. The molecule has 1 aromatic carbocycles. The zero-order valence-electron chi connectivity index (χ0n) is 12.9. The van der Waals surface area contributed by atoms with Crippen LogP contribution in [0.2, 0.25) is 0 Å². The van der Waals surface area contributed by atoms with Crippen molar-refractivity contribution in [3.63, 3.8) is 0 Å². The molecule has 7 heteroatoms. The van der Waals surface area contributed by atoms with Gasteiger partial charge in [0.1, 0.15) is 0 Å². The van der Waals surface area contributed by atoms with E-state index in [1.54, 1.807) is 24.1 Å². The molecule has 2 aliphatic rings. The van der Waals surface area contributed by atoms with Crippen LogP contribution in [0, 0.1) is 11.3 Å². The van der Waals surface area contributed by atoms with Crippen molar-refractivity contribution in [1.82, 2.24) is 4.90 Å². The molecule has 1 aliphatic carbocycles. The van der Waals surface area contributed by atoms with Crippen LogP contribution in [-0.4, -0.2) is 48.9 Å². The summed E-state index contributed by atoms with van der Waals surface area (Å²) in [4.78, 5) is 25.0. The van der Waals surface area contributed by atoms with E-state index in [9.17, 15) is 18.0 Å². The van der Waals surface area contributed by atoms with Gasteiger partial charge in [0, 0.05) is 13.6 Å². The third-order valence-corrected chi connectivity index (χ3v) is 6.71. The molecular formula is C16H19NO5S. The molecule has 0 radical (unpaired) electrons. The molecule has 1 unspecified atom stereocenters. The third kappa shape index (κ3) is 3.10. The van der Waals surface area contributed by atoms with Gasteiger partial charge in [0.25, 0.3) is 0 Å². The largest absolute Gasteiger partial charge is 0.478 e. The molecule has 23 heavy (non-hydrogen) atoms. The van der Waals surface area contributed by atoms with E-state index in [1.807, 2.05) is 0 Å². The second-order valence-electron chi connectivity index (χ2n) is 6.67. The second-order valence-corrected chi connectivity index (χ2v) is 8.78. The highest BCUT2D eigenvalue weighted by molar-refractivity contribution is 7.91. The number of hydrogen-bond acceptors (Lipinski definition) is 4. The van der Waals surface area contributed by atoms with E-state index in [2.05, 4.69) is 0 Å². The lowest BCUT2D eigenvalue weighted by Gasteiger charge is -2.24. The number of benzene rings is 1. The van der Waals surface area contributed by atoms with Crippen LogP contribution in [0.3, 0.4) is 0 Å². The van der Waals surface area contributed by atoms with E-state index >= 15 is 0 Å².